The lowest BCUT2D eigenvalue weighted by Crippen LogP contribution is -2.15. The van der Waals surface area contributed by atoms with Crippen LogP contribution in [0.5, 0.6) is 5.75 Å². The fraction of sp³-hybridized carbons (Fsp3) is 0.333. The minimum Gasteiger partial charge on any atom is -0.483 e. The van der Waals surface area contributed by atoms with Gasteiger partial charge in [0.1, 0.15) is 5.75 Å². The second-order valence-corrected chi connectivity index (χ2v) is 12.3. The SMILES string of the molecule is CCn1c(SCC(=O)Nc2nc(-c3ccc(Cl)cc3Cl)cs2)nnc1C(C)Oc1ccc(C(C)(C)C)cc1. The van der Waals surface area contributed by atoms with Crippen LogP contribution in [-0.2, 0) is 16.8 Å². The predicted octanol–water partition coefficient (Wildman–Crippen LogP) is 7.90. The molecule has 0 bridgehead atoms. The van der Waals surface area contributed by atoms with Gasteiger partial charge in [0.25, 0.3) is 0 Å². The molecule has 7 nitrogen and oxygen atoms in total. The molecule has 0 radical (unpaired) electrons. The molecule has 2 heterocycles. The third kappa shape index (κ3) is 6.88. The third-order valence-electron chi connectivity index (χ3n) is 5.75. The smallest absolute Gasteiger partial charge is 0.236 e. The van der Waals surface area contributed by atoms with Crippen molar-refractivity contribution in [3.8, 4) is 17.0 Å². The van der Waals surface area contributed by atoms with Gasteiger partial charge in [0, 0.05) is 22.5 Å². The summed E-state index contributed by atoms with van der Waals surface area (Å²) in [5, 5.41) is 15.6. The van der Waals surface area contributed by atoms with Gasteiger partial charge >= 0.3 is 0 Å². The van der Waals surface area contributed by atoms with E-state index in [0.717, 1.165) is 11.3 Å². The molecule has 38 heavy (non-hydrogen) atoms. The Labute approximate surface area is 240 Å². The Morgan fingerprint density at radius 3 is 2.55 bits per heavy atom. The van der Waals surface area contributed by atoms with Gasteiger partial charge in [-0.05, 0) is 55.2 Å². The molecule has 1 amide bonds. The fourth-order valence-electron chi connectivity index (χ4n) is 3.73. The number of ether oxygens (including phenoxy) is 1. The minimum absolute atomic E-state index is 0.0806. The van der Waals surface area contributed by atoms with Crippen LogP contribution in [0.1, 0.15) is 52.1 Å². The summed E-state index contributed by atoms with van der Waals surface area (Å²) in [6, 6.07) is 13.4. The van der Waals surface area contributed by atoms with Gasteiger partial charge in [0.15, 0.2) is 22.2 Å². The zero-order valence-corrected chi connectivity index (χ0v) is 24.9. The van der Waals surface area contributed by atoms with Gasteiger partial charge in [-0.3, -0.25) is 4.79 Å². The van der Waals surface area contributed by atoms with E-state index in [-0.39, 0.29) is 23.2 Å². The molecule has 0 aliphatic rings. The van der Waals surface area contributed by atoms with Gasteiger partial charge in [-0.25, -0.2) is 4.98 Å². The number of rotatable bonds is 9. The summed E-state index contributed by atoms with van der Waals surface area (Å²) in [5.41, 5.74) is 2.76. The quantitative estimate of drug-likeness (QED) is 0.200. The standard InChI is InChI=1S/C27H29Cl2N5O2S2/c1-6-34-24(16(2)36-19-10-7-17(8-11-19)27(3,4)5)32-33-26(34)38-15-23(35)31-25-30-22(14-37-25)20-12-9-18(28)13-21(20)29/h7-14,16H,6,15H2,1-5H3,(H,30,31,35). The highest BCUT2D eigenvalue weighted by Crippen LogP contribution is 2.33. The van der Waals surface area contributed by atoms with E-state index < -0.39 is 0 Å². The van der Waals surface area contributed by atoms with Gasteiger partial charge < -0.3 is 14.6 Å². The number of benzene rings is 2. The molecule has 11 heteroatoms. The summed E-state index contributed by atoms with van der Waals surface area (Å²) in [6.45, 7) is 11.2. The van der Waals surface area contributed by atoms with Crippen LogP contribution in [0.4, 0.5) is 5.13 Å². The number of nitrogens with zero attached hydrogens (tertiary/aromatic N) is 4. The maximum Gasteiger partial charge on any atom is 0.236 e. The largest absolute Gasteiger partial charge is 0.483 e. The molecular formula is C27H29Cl2N5O2S2. The molecule has 1 N–H and O–H groups in total. The lowest BCUT2D eigenvalue weighted by molar-refractivity contribution is -0.113. The summed E-state index contributed by atoms with van der Waals surface area (Å²) in [5.74, 6) is 1.46. The van der Waals surface area contributed by atoms with Crippen LogP contribution in [0.15, 0.2) is 53.0 Å². The Kier molecular flexibility index (Phi) is 9.03. The van der Waals surface area contributed by atoms with Crippen LogP contribution in [0.25, 0.3) is 11.3 Å². The minimum atomic E-state index is -0.306. The van der Waals surface area contributed by atoms with Crippen molar-refractivity contribution >= 4 is 57.3 Å². The van der Waals surface area contributed by atoms with E-state index in [1.54, 1.807) is 12.1 Å². The molecule has 0 aliphatic heterocycles. The number of nitrogens with one attached hydrogen (secondary N) is 1. The fourth-order valence-corrected chi connectivity index (χ4v) is 5.77. The van der Waals surface area contributed by atoms with Crippen LogP contribution in [0.2, 0.25) is 10.0 Å². The monoisotopic (exact) mass is 589 g/mol. The first-order valence-electron chi connectivity index (χ1n) is 12.1. The molecule has 0 saturated carbocycles. The van der Waals surface area contributed by atoms with Crippen molar-refractivity contribution in [1.82, 2.24) is 19.7 Å². The number of anilines is 1. The number of aromatic nitrogens is 4. The number of hydrogen-bond donors (Lipinski definition) is 1. The Morgan fingerprint density at radius 1 is 1.16 bits per heavy atom. The van der Waals surface area contributed by atoms with Crippen molar-refractivity contribution in [2.24, 2.45) is 0 Å². The number of hydrogen-bond acceptors (Lipinski definition) is 7. The first-order valence-corrected chi connectivity index (χ1v) is 14.7. The molecule has 4 rings (SSSR count). The number of amides is 1. The number of thiazole rings is 1. The van der Waals surface area contributed by atoms with Crippen molar-refractivity contribution in [3.63, 3.8) is 0 Å². The Morgan fingerprint density at radius 2 is 1.89 bits per heavy atom. The van der Waals surface area contributed by atoms with Gasteiger partial charge in [0.05, 0.1) is 16.5 Å². The maximum atomic E-state index is 12.6. The molecule has 0 fully saturated rings. The summed E-state index contributed by atoms with van der Waals surface area (Å²) >= 11 is 14.9. The van der Waals surface area contributed by atoms with Gasteiger partial charge in [-0.15, -0.1) is 21.5 Å². The molecule has 4 aromatic rings. The predicted molar refractivity (Wildman–Crippen MR) is 157 cm³/mol. The Bertz CT molecular complexity index is 1410. The Hall–Kier alpha value is -2.59. The highest BCUT2D eigenvalue weighted by molar-refractivity contribution is 7.99. The molecule has 0 spiro atoms. The van der Waals surface area contributed by atoms with Gasteiger partial charge in [0.2, 0.25) is 5.91 Å². The molecule has 2 aromatic heterocycles. The second kappa shape index (κ2) is 12.1. The van der Waals surface area contributed by atoms with Crippen molar-refractivity contribution < 1.29 is 9.53 Å². The van der Waals surface area contributed by atoms with Crippen molar-refractivity contribution in [2.45, 2.75) is 57.8 Å². The van der Waals surface area contributed by atoms with Crippen LogP contribution in [0, 0.1) is 0 Å². The van der Waals surface area contributed by atoms with E-state index in [1.165, 1.54) is 28.7 Å². The van der Waals surface area contributed by atoms with E-state index >= 15 is 0 Å². The van der Waals surface area contributed by atoms with Crippen LogP contribution in [0.3, 0.4) is 0 Å². The first kappa shape index (κ1) is 28.4. The topological polar surface area (TPSA) is 81.9 Å². The molecule has 0 saturated heterocycles. The summed E-state index contributed by atoms with van der Waals surface area (Å²) in [7, 11) is 0. The third-order valence-corrected chi connectivity index (χ3v) is 8.02. The maximum absolute atomic E-state index is 12.6. The molecule has 1 unspecified atom stereocenters. The van der Waals surface area contributed by atoms with Crippen LogP contribution < -0.4 is 10.1 Å². The summed E-state index contributed by atoms with van der Waals surface area (Å²) in [6.07, 6.45) is -0.306. The average molecular weight is 591 g/mol. The van der Waals surface area contributed by atoms with Gasteiger partial charge in [-0.1, -0.05) is 67.9 Å². The highest BCUT2D eigenvalue weighted by atomic mass is 35.5. The highest BCUT2D eigenvalue weighted by Gasteiger charge is 2.20. The lowest BCUT2D eigenvalue weighted by Gasteiger charge is -2.20. The van der Waals surface area contributed by atoms with Gasteiger partial charge in [-0.2, -0.15) is 0 Å². The number of carbonyl (C=O) groups excluding carboxylic acids is 1. The lowest BCUT2D eigenvalue weighted by atomic mass is 9.87. The van der Waals surface area contributed by atoms with E-state index in [4.69, 9.17) is 27.9 Å². The van der Waals surface area contributed by atoms with E-state index in [9.17, 15) is 4.79 Å². The zero-order valence-electron chi connectivity index (χ0n) is 21.8. The summed E-state index contributed by atoms with van der Waals surface area (Å²) in [4.78, 5) is 17.1. The zero-order chi connectivity index (χ0) is 27.4. The molecule has 1 atom stereocenters. The number of carbonyl (C=O) groups is 1. The second-order valence-electron chi connectivity index (χ2n) is 9.62. The molecule has 2 aromatic carbocycles. The van der Waals surface area contributed by atoms with E-state index in [2.05, 4.69) is 53.4 Å². The van der Waals surface area contributed by atoms with Crippen LogP contribution >= 0.6 is 46.3 Å². The summed E-state index contributed by atoms with van der Waals surface area (Å²) < 4.78 is 8.12. The molecule has 200 valence electrons. The van der Waals surface area contributed by atoms with Crippen molar-refractivity contribution in [2.75, 3.05) is 11.1 Å². The molecule has 0 aliphatic carbocycles. The molecular weight excluding hydrogens is 561 g/mol. The van der Waals surface area contributed by atoms with Crippen molar-refractivity contribution in [3.05, 3.63) is 69.3 Å². The Balaban J connectivity index is 1.36. The normalized spacial score (nSPS) is 12.4. The average Bonchev–Trinajstić information content (AvgIpc) is 3.49. The van der Waals surface area contributed by atoms with E-state index in [0.29, 0.717) is 38.4 Å². The number of halogens is 2. The first-order chi connectivity index (χ1) is 18.0. The van der Waals surface area contributed by atoms with E-state index in [1.807, 2.05) is 42.0 Å². The number of thioether (sulfide) groups is 1. The van der Waals surface area contributed by atoms with Crippen molar-refractivity contribution in [1.29, 1.82) is 0 Å². The van der Waals surface area contributed by atoms with Crippen LogP contribution in [-0.4, -0.2) is 31.4 Å².